The largest absolute Gasteiger partial charge is 0.297 e. The van der Waals surface area contributed by atoms with Crippen LogP contribution in [0.25, 0.3) is 0 Å². The Bertz CT molecular complexity index is 629. The number of benzene rings is 1. The molecular formula is C17H25ClN2O2S. The van der Waals surface area contributed by atoms with Gasteiger partial charge in [0.1, 0.15) is 0 Å². The van der Waals surface area contributed by atoms with Gasteiger partial charge in [-0.1, -0.05) is 24.6 Å². The zero-order valence-corrected chi connectivity index (χ0v) is 14.9. The van der Waals surface area contributed by atoms with Crippen LogP contribution in [0.4, 0.5) is 0 Å². The smallest absolute Gasteiger partial charge is 0.243 e. The Morgan fingerprint density at radius 1 is 0.913 bits per heavy atom. The van der Waals surface area contributed by atoms with E-state index in [9.17, 15) is 8.42 Å². The van der Waals surface area contributed by atoms with Crippen LogP contribution in [0.2, 0.25) is 0 Å². The van der Waals surface area contributed by atoms with E-state index in [-0.39, 0.29) is 12.4 Å². The Morgan fingerprint density at radius 2 is 1.61 bits per heavy atom. The maximum Gasteiger partial charge on any atom is 0.243 e. The average molecular weight is 357 g/mol. The summed E-state index contributed by atoms with van der Waals surface area (Å²) in [7, 11) is -3.31. The first-order valence-electron chi connectivity index (χ1n) is 8.44. The van der Waals surface area contributed by atoms with Gasteiger partial charge in [-0.15, -0.1) is 12.4 Å². The molecule has 23 heavy (non-hydrogen) atoms. The van der Waals surface area contributed by atoms with Crippen molar-refractivity contribution in [1.82, 2.24) is 9.21 Å². The first kappa shape index (κ1) is 17.2. The Labute approximate surface area is 145 Å². The van der Waals surface area contributed by atoms with Gasteiger partial charge in [-0.3, -0.25) is 4.90 Å². The molecule has 3 fully saturated rings. The predicted molar refractivity (Wildman–Crippen MR) is 93.3 cm³/mol. The van der Waals surface area contributed by atoms with Crippen LogP contribution in [0, 0.1) is 11.8 Å². The number of rotatable bonds is 3. The molecule has 2 saturated carbocycles. The van der Waals surface area contributed by atoms with Crippen molar-refractivity contribution in [3.8, 4) is 0 Å². The first-order valence-corrected chi connectivity index (χ1v) is 9.88. The van der Waals surface area contributed by atoms with Crippen LogP contribution in [0.5, 0.6) is 0 Å². The van der Waals surface area contributed by atoms with Crippen LogP contribution in [0.3, 0.4) is 0 Å². The Kier molecular flexibility index (Phi) is 5.02. The normalized spacial score (nSPS) is 31.9. The Hall–Kier alpha value is -0.620. The van der Waals surface area contributed by atoms with Gasteiger partial charge in [0.25, 0.3) is 0 Å². The summed E-state index contributed by atoms with van der Waals surface area (Å²) in [5.41, 5.74) is 0. The van der Waals surface area contributed by atoms with Gasteiger partial charge in [0.2, 0.25) is 10.0 Å². The van der Waals surface area contributed by atoms with E-state index in [1.807, 2.05) is 6.07 Å². The van der Waals surface area contributed by atoms with E-state index in [4.69, 9.17) is 0 Å². The summed E-state index contributed by atoms with van der Waals surface area (Å²) in [5, 5.41) is 0. The van der Waals surface area contributed by atoms with E-state index in [1.165, 1.54) is 25.7 Å². The number of nitrogens with zero attached hydrogens (tertiary/aromatic N) is 2. The molecule has 0 aromatic heterocycles. The van der Waals surface area contributed by atoms with Gasteiger partial charge < -0.3 is 0 Å². The summed E-state index contributed by atoms with van der Waals surface area (Å²) in [5.74, 6) is 1.82. The van der Waals surface area contributed by atoms with Gasteiger partial charge in [-0.25, -0.2) is 8.42 Å². The molecule has 2 aliphatic carbocycles. The second kappa shape index (κ2) is 6.71. The van der Waals surface area contributed by atoms with Crippen molar-refractivity contribution in [2.75, 3.05) is 26.2 Å². The van der Waals surface area contributed by atoms with Gasteiger partial charge in [-0.05, 0) is 43.2 Å². The molecule has 0 amide bonds. The van der Waals surface area contributed by atoms with Crippen molar-refractivity contribution >= 4 is 22.4 Å². The summed E-state index contributed by atoms with van der Waals surface area (Å²) < 4.78 is 27.0. The molecule has 4 rings (SSSR count). The summed E-state index contributed by atoms with van der Waals surface area (Å²) in [6.07, 6.45) is 5.56. The van der Waals surface area contributed by atoms with Crippen LogP contribution in [-0.2, 0) is 10.0 Å². The van der Waals surface area contributed by atoms with Crippen molar-refractivity contribution in [1.29, 1.82) is 0 Å². The van der Waals surface area contributed by atoms with Gasteiger partial charge in [-0.2, -0.15) is 4.31 Å². The molecule has 1 heterocycles. The Morgan fingerprint density at radius 3 is 2.17 bits per heavy atom. The molecule has 128 valence electrons. The lowest BCUT2D eigenvalue weighted by Crippen LogP contribution is -2.53. The molecule has 3 atom stereocenters. The first-order chi connectivity index (χ1) is 10.6. The molecule has 0 spiro atoms. The second-order valence-electron chi connectivity index (χ2n) is 7.00. The van der Waals surface area contributed by atoms with E-state index >= 15 is 0 Å². The third kappa shape index (κ3) is 3.16. The fourth-order valence-corrected chi connectivity index (χ4v) is 6.12. The molecule has 1 aliphatic heterocycles. The van der Waals surface area contributed by atoms with Crippen LogP contribution in [-0.4, -0.2) is 49.8 Å². The van der Waals surface area contributed by atoms with Crippen LogP contribution in [0.15, 0.2) is 35.2 Å². The monoisotopic (exact) mass is 356 g/mol. The molecule has 1 aromatic rings. The summed E-state index contributed by atoms with van der Waals surface area (Å²) >= 11 is 0. The average Bonchev–Trinajstić information content (AvgIpc) is 3.19. The molecular weight excluding hydrogens is 332 g/mol. The van der Waals surface area contributed by atoms with Gasteiger partial charge in [0.15, 0.2) is 0 Å². The highest BCUT2D eigenvalue weighted by molar-refractivity contribution is 7.89. The van der Waals surface area contributed by atoms with Crippen molar-refractivity contribution in [3.05, 3.63) is 30.3 Å². The molecule has 1 aromatic carbocycles. The number of hydrogen-bond donors (Lipinski definition) is 0. The highest BCUT2D eigenvalue weighted by atomic mass is 35.5. The van der Waals surface area contributed by atoms with E-state index in [1.54, 1.807) is 28.6 Å². The topological polar surface area (TPSA) is 40.6 Å². The summed E-state index contributed by atoms with van der Waals surface area (Å²) in [6.45, 7) is 3.04. The van der Waals surface area contributed by atoms with E-state index in [0.29, 0.717) is 18.0 Å². The van der Waals surface area contributed by atoms with Gasteiger partial charge >= 0.3 is 0 Å². The lowest BCUT2D eigenvalue weighted by atomic mass is 9.93. The fourth-order valence-electron chi connectivity index (χ4n) is 4.68. The molecule has 6 heteroatoms. The van der Waals surface area contributed by atoms with Crippen LogP contribution >= 0.6 is 12.4 Å². The van der Waals surface area contributed by atoms with E-state index in [0.717, 1.165) is 31.0 Å². The minimum absolute atomic E-state index is 0. The molecule has 1 saturated heterocycles. The van der Waals surface area contributed by atoms with Crippen molar-refractivity contribution < 1.29 is 8.42 Å². The number of piperazine rings is 1. The molecule has 0 radical (unpaired) electrons. The van der Waals surface area contributed by atoms with Gasteiger partial charge in [0, 0.05) is 32.2 Å². The minimum Gasteiger partial charge on any atom is -0.297 e. The number of halogens is 1. The second-order valence-corrected chi connectivity index (χ2v) is 8.93. The quantitative estimate of drug-likeness (QED) is 0.835. The number of hydrogen-bond acceptors (Lipinski definition) is 3. The van der Waals surface area contributed by atoms with Gasteiger partial charge in [0.05, 0.1) is 4.90 Å². The SMILES string of the molecule is Cl.O=S(=O)(c1ccccc1)N1CCN(C2CC3CCC2C3)CC1. The third-order valence-corrected chi connectivity index (χ3v) is 7.74. The zero-order chi connectivity index (χ0) is 15.2. The number of fused-ring (bicyclic) bond motifs is 2. The third-order valence-electron chi connectivity index (χ3n) is 5.82. The van der Waals surface area contributed by atoms with Crippen molar-refractivity contribution in [3.63, 3.8) is 0 Å². The molecule has 0 N–H and O–H groups in total. The highest BCUT2D eigenvalue weighted by Gasteiger charge is 2.43. The lowest BCUT2D eigenvalue weighted by Gasteiger charge is -2.40. The van der Waals surface area contributed by atoms with Crippen LogP contribution in [0.1, 0.15) is 25.7 Å². The minimum atomic E-state index is -3.31. The van der Waals surface area contributed by atoms with Crippen molar-refractivity contribution in [2.45, 2.75) is 36.6 Å². The Balaban J connectivity index is 0.00000156. The predicted octanol–water partition coefficient (Wildman–Crippen LogP) is 2.60. The van der Waals surface area contributed by atoms with E-state index < -0.39 is 10.0 Å². The zero-order valence-electron chi connectivity index (χ0n) is 13.3. The molecule has 4 nitrogen and oxygen atoms in total. The summed E-state index contributed by atoms with van der Waals surface area (Å²) in [4.78, 5) is 2.98. The van der Waals surface area contributed by atoms with E-state index in [2.05, 4.69) is 4.90 Å². The molecule has 3 aliphatic rings. The maximum absolute atomic E-state index is 12.7. The molecule has 3 unspecified atom stereocenters. The standard InChI is InChI=1S/C17H24N2O2S.ClH/c20-22(21,16-4-2-1-3-5-16)19-10-8-18(9-11-19)17-13-14-6-7-15(17)12-14;/h1-5,14-15,17H,6-13H2;1H. The summed E-state index contributed by atoms with van der Waals surface area (Å²) in [6, 6.07) is 9.54. The fraction of sp³-hybridized carbons (Fsp3) is 0.647. The number of sulfonamides is 1. The highest BCUT2D eigenvalue weighted by Crippen LogP contribution is 2.46. The van der Waals surface area contributed by atoms with Crippen LogP contribution < -0.4 is 0 Å². The van der Waals surface area contributed by atoms with Crippen molar-refractivity contribution in [2.24, 2.45) is 11.8 Å². The molecule has 2 bridgehead atoms. The lowest BCUT2D eigenvalue weighted by molar-refractivity contribution is 0.101. The maximum atomic E-state index is 12.7.